The van der Waals surface area contributed by atoms with Crippen molar-refractivity contribution >= 4 is 27.9 Å². The number of rotatable bonds is 6. The average molecular weight is 421 g/mol. The Balaban J connectivity index is 1.60. The number of hydrogen-bond donors (Lipinski definition) is 1. The van der Waals surface area contributed by atoms with Gasteiger partial charge in [-0.05, 0) is 71.2 Å². The highest BCUT2D eigenvalue weighted by Crippen LogP contribution is 2.27. The number of hydrogen-bond acceptors (Lipinski definition) is 5. The van der Waals surface area contributed by atoms with Crippen molar-refractivity contribution < 1.29 is 28.9 Å². The molecule has 0 amide bonds. The number of carbonyl (C=O) groups excluding carboxylic acids is 1. The Morgan fingerprint density at radius 1 is 1.15 bits per heavy atom. The zero-order valence-corrected chi connectivity index (χ0v) is 15.4. The second-order valence-corrected chi connectivity index (χ2v) is 6.66. The summed E-state index contributed by atoms with van der Waals surface area (Å²) in [6, 6.07) is 10.8. The lowest BCUT2D eigenvalue weighted by molar-refractivity contribution is 0.0678. The molecule has 1 heterocycles. The second-order valence-electron chi connectivity index (χ2n) is 5.81. The average Bonchev–Trinajstić information content (AvgIpc) is 3.15. The van der Waals surface area contributed by atoms with Crippen molar-refractivity contribution in [2.45, 2.75) is 18.9 Å². The zero-order valence-electron chi connectivity index (χ0n) is 13.8. The molecule has 2 aromatic carbocycles. The fraction of sp³-hybridized carbons (Fsp3) is 0.263. The van der Waals surface area contributed by atoms with E-state index in [1.54, 1.807) is 24.3 Å². The van der Waals surface area contributed by atoms with E-state index in [4.69, 9.17) is 19.3 Å². The maximum Gasteiger partial charge on any atom is 0.343 e. The standard InChI is InChI=1S/C19H17BrO6/c20-16-10-13(18(21)22)5-8-17(16)26-19(23)12-3-6-14(7-4-12)25-11-15-2-1-9-24-15/h3-8,10,15H,1-2,9,11H2,(H,21,22). The van der Waals surface area contributed by atoms with Crippen LogP contribution in [0, 0.1) is 0 Å². The number of esters is 1. The van der Waals surface area contributed by atoms with Crippen LogP contribution in [0.5, 0.6) is 11.5 Å². The molecule has 136 valence electrons. The van der Waals surface area contributed by atoms with Crippen molar-refractivity contribution in [3.05, 3.63) is 58.1 Å². The highest BCUT2D eigenvalue weighted by molar-refractivity contribution is 9.10. The van der Waals surface area contributed by atoms with Crippen LogP contribution in [0.25, 0.3) is 0 Å². The van der Waals surface area contributed by atoms with Crippen LogP contribution in [0.3, 0.4) is 0 Å². The van der Waals surface area contributed by atoms with Gasteiger partial charge in [0.1, 0.15) is 18.1 Å². The molecule has 1 saturated heterocycles. The SMILES string of the molecule is O=C(O)c1ccc(OC(=O)c2ccc(OCC3CCCO3)cc2)c(Br)c1. The summed E-state index contributed by atoms with van der Waals surface area (Å²) in [6.45, 7) is 1.27. The molecule has 0 aliphatic carbocycles. The third kappa shape index (κ3) is 4.62. The quantitative estimate of drug-likeness (QED) is 0.563. The van der Waals surface area contributed by atoms with Crippen LogP contribution in [-0.2, 0) is 4.74 Å². The number of ether oxygens (including phenoxy) is 3. The van der Waals surface area contributed by atoms with E-state index in [2.05, 4.69) is 15.9 Å². The molecule has 1 aliphatic rings. The molecule has 1 atom stereocenters. The molecule has 0 saturated carbocycles. The molecule has 1 unspecified atom stereocenters. The Labute approximate surface area is 158 Å². The van der Waals surface area contributed by atoms with Gasteiger partial charge in [0.15, 0.2) is 0 Å². The molecule has 7 heteroatoms. The first-order valence-electron chi connectivity index (χ1n) is 8.12. The molecule has 1 aliphatic heterocycles. The minimum absolute atomic E-state index is 0.101. The summed E-state index contributed by atoms with van der Waals surface area (Å²) in [5.41, 5.74) is 0.466. The lowest BCUT2D eigenvalue weighted by Crippen LogP contribution is -2.16. The number of benzene rings is 2. The Hall–Kier alpha value is -2.38. The predicted octanol–water partition coefficient (Wildman–Crippen LogP) is 3.92. The molecule has 3 rings (SSSR count). The predicted molar refractivity (Wildman–Crippen MR) is 97.0 cm³/mol. The van der Waals surface area contributed by atoms with Gasteiger partial charge in [-0.3, -0.25) is 0 Å². The smallest absolute Gasteiger partial charge is 0.343 e. The lowest BCUT2D eigenvalue weighted by Gasteiger charge is -2.12. The van der Waals surface area contributed by atoms with Crippen molar-refractivity contribution in [2.75, 3.05) is 13.2 Å². The van der Waals surface area contributed by atoms with Crippen molar-refractivity contribution in [1.29, 1.82) is 0 Å². The molecule has 0 bridgehead atoms. The van der Waals surface area contributed by atoms with Crippen LogP contribution in [-0.4, -0.2) is 36.4 Å². The fourth-order valence-electron chi connectivity index (χ4n) is 2.53. The van der Waals surface area contributed by atoms with E-state index in [1.165, 1.54) is 18.2 Å². The van der Waals surface area contributed by atoms with Gasteiger partial charge in [0.25, 0.3) is 0 Å². The van der Waals surface area contributed by atoms with Crippen molar-refractivity contribution in [2.24, 2.45) is 0 Å². The minimum atomic E-state index is -1.05. The third-order valence-electron chi connectivity index (χ3n) is 3.93. The van der Waals surface area contributed by atoms with Gasteiger partial charge in [-0.1, -0.05) is 0 Å². The highest BCUT2D eigenvalue weighted by atomic mass is 79.9. The van der Waals surface area contributed by atoms with E-state index in [1.807, 2.05) is 0 Å². The summed E-state index contributed by atoms with van der Waals surface area (Å²) in [6.07, 6.45) is 2.19. The number of carbonyl (C=O) groups is 2. The molecule has 1 fully saturated rings. The lowest BCUT2D eigenvalue weighted by atomic mass is 10.2. The monoisotopic (exact) mass is 420 g/mol. The molecule has 0 spiro atoms. The van der Waals surface area contributed by atoms with Crippen LogP contribution in [0.15, 0.2) is 46.9 Å². The second kappa shape index (κ2) is 8.33. The van der Waals surface area contributed by atoms with Crippen LogP contribution in [0.4, 0.5) is 0 Å². The summed E-state index contributed by atoms with van der Waals surface area (Å²) in [5, 5.41) is 8.95. The van der Waals surface area contributed by atoms with Crippen LogP contribution < -0.4 is 9.47 Å². The summed E-state index contributed by atoms with van der Waals surface area (Å²) in [5.74, 6) is -0.690. The van der Waals surface area contributed by atoms with Gasteiger partial charge >= 0.3 is 11.9 Å². The molecule has 26 heavy (non-hydrogen) atoms. The number of carboxylic acid groups (broad SMARTS) is 1. The van der Waals surface area contributed by atoms with E-state index >= 15 is 0 Å². The minimum Gasteiger partial charge on any atom is -0.491 e. The summed E-state index contributed by atoms with van der Waals surface area (Å²) >= 11 is 3.21. The molecular weight excluding hydrogens is 404 g/mol. The normalized spacial score (nSPS) is 16.3. The largest absolute Gasteiger partial charge is 0.491 e. The number of aromatic carboxylic acids is 1. The van der Waals surface area contributed by atoms with Crippen molar-refractivity contribution in [3.63, 3.8) is 0 Å². The number of carboxylic acids is 1. The van der Waals surface area contributed by atoms with E-state index in [0.717, 1.165) is 19.4 Å². The third-order valence-corrected chi connectivity index (χ3v) is 4.55. The summed E-state index contributed by atoms with van der Waals surface area (Å²) in [4.78, 5) is 23.2. The first-order chi connectivity index (χ1) is 12.5. The van der Waals surface area contributed by atoms with Gasteiger partial charge in [-0.25, -0.2) is 9.59 Å². The number of halogens is 1. The Kier molecular flexibility index (Phi) is 5.90. The summed E-state index contributed by atoms with van der Waals surface area (Å²) in [7, 11) is 0. The van der Waals surface area contributed by atoms with Gasteiger partial charge in [0.05, 0.1) is 21.7 Å². The van der Waals surface area contributed by atoms with Gasteiger partial charge < -0.3 is 19.3 Å². The van der Waals surface area contributed by atoms with Crippen molar-refractivity contribution in [3.8, 4) is 11.5 Å². The van der Waals surface area contributed by atoms with E-state index in [-0.39, 0.29) is 17.4 Å². The van der Waals surface area contributed by atoms with Crippen molar-refractivity contribution in [1.82, 2.24) is 0 Å². The highest BCUT2D eigenvalue weighted by Gasteiger charge is 2.16. The van der Waals surface area contributed by atoms with Gasteiger partial charge in [-0.15, -0.1) is 0 Å². The molecule has 0 radical (unpaired) electrons. The first kappa shape index (κ1) is 18.4. The topological polar surface area (TPSA) is 82.1 Å². The molecule has 2 aromatic rings. The molecule has 0 aromatic heterocycles. The molecule has 6 nitrogen and oxygen atoms in total. The zero-order chi connectivity index (χ0) is 18.5. The van der Waals surface area contributed by atoms with Crippen LogP contribution in [0.2, 0.25) is 0 Å². The Bertz CT molecular complexity index is 796. The Morgan fingerprint density at radius 2 is 1.88 bits per heavy atom. The molecular formula is C19H17BrO6. The van der Waals surface area contributed by atoms with E-state index < -0.39 is 11.9 Å². The van der Waals surface area contributed by atoms with Gasteiger partial charge in [0.2, 0.25) is 0 Å². The van der Waals surface area contributed by atoms with E-state index in [0.29, 0.717) is 22.4 Å². The van der Waals surface area contributed by atoms with Gasteiger partial charge in [0, 0.05) is 6.61 Å². The first-order valence-corrected chi connectivity index (χ1v) is 8.92. The fourth-order valence-corrected chi connectivity index (χ4v) is 2.99. The summed E-state index contributed by atoms with van der Waals surface area (Å²) < 4.78 is 16.9. The van der Waals surface area contributed by atoms with Crippen LogP contribution >= 0.6 is 15.9 Å². The van der Waals surface area contributed by atoms with Crippen LogP contribution in [0.1, 0.15) is 33.6 Å². The molecule has 1 N–H and O–H groups in total. The van der Waals surface area contributed by atoms with Gasteiger partial charge in [-0.2, -0.15) is 0 Å². The maximum absolute atomic E-state index is 12.2. The Morgan fingerprint density at radius 3 is 2.50 bits per heavy atom. The van der Waals surface area contributed by atoms with E-state index in [9.17, 15) is 9.59 Å². The maximum atomic E-state index is 12.2.